The molecule has 0 radical (unpaired) electrons. The van der Waals surface area contributed by atoms with Gasteiger partial charge in [-0.25, -0.2) is 4.99 Å². The predicted octanol–water partition coefficient (Wildman–Crippen LogP) is 6.39. The summed E-state index contributed by atoms with van der Waals surface area (Å²) >= 11 is 0. The highest BCUT2D eigenvalue weighted by atomic mass is 16.5. The van der Waals surface area contributed by atoms with Crippen LogP contribution in [0.1, 0.15) is 41.6 Å². The van der Waals surface area contributed by atoms with Crippen LogP contribution in [0, 0.1) is 11.8 Å². The molecule has 2 atom stereocenters. The van der Waals surface area contributed by atoms with Crippen molar-refractivity contribution < 1.29 is 14.3 Å². The maximum Gasteiger partial charge on any atom is 0.170 e. The second kappa shape index (κ2) is 9.69. The van der Waals surface area contributed by atoms with Gasteiger partial charge in [-0.2, -0.15) is 0 Å². The standard InChI is InChI=1S/C31H29N3O3/c1-36-27-13-11-23(18-28(27)37-2)33-31-29-21(14-15-32-29)17-26(34-31)20-7-5-8-22(16-20)30(35)25-12-10-19-6-3-4-9-24(19)25/h4-5,7-9,11,13-18,21,25H,3,6,10,12H2,1-2H3,(H,33,34). The number of carbonyl (C=O) groups excluding carboxylic acids is 1. The van der Waals surface area contributed by atoms with Crippen molar-refractivity contribution in [2.75, 3.05) is 19.5 Å². The lowest BCUT2D eigenvalue weighted by atomic mass is 9.88. The maximum atomic E-state index is 13.5. The van der Waals surface area contributed by atoms with Crippen LogP contribution in [-0.2, 0) is 0 Å². The molecule has 6 rings (SSSR count). The van der Waals surface area contributed by atoms with Gasteiger partial charge in [0.1, 0.15) is 0 Å². The van der Waals surface area contributed by atoms with E-state index >= 15 is 0 Å². The maximum absolute atomic E-state index is 13.5. The van der Waals surface area contributed by atoms with Gasteiger partial charge in [-0.15, -0.1) is 0 Å². The molecule has 2 aliphatic carbocycles. The molecule has 2 unspecified atom stereocenters. The summed E-state index contributed by atoms with van der Waals surface area (Å²) in [5.74, 6) is 2.15. The first-order valence-electron chi connectivity index (χ1n) is 12.7. The van der Waals surface area contributed by atoms with Crippen LogP contribution >= 0.6 is 0 Å². The van der Waals surface area contributed by atoms with Gasteiger partial charge in [0.2, 0.25) is 0 Å². The molecule has 0 spiro atoms. The highest BCUT2D eigenvalue weighted by Crippen LogP contribution is 2.40. The number of hydrogen-bond donors (Lipinski definition) is 1. The number of ether oxygens (including phenoxy) is 2. The quantitative estimate of drug-likeness (QED) is 0.475. The Morgan fingerprint density at radius 3 is 2.81 bits per heavy atom. The zero-order valence-corrected chi connectivity index (χ0v) is 21.0. The summed E-state index contributed by atoms with van der Waals surface area (Å²) in [6.07, 6.45) is 14.5. The van der Waals surface area contributed by atoms with Crippen molar-refractivity contribution in [1.82, 2.24) is 0 Å². The lowest BCUT2D eigenvalue weighted by Crippen LogP contribution is -2.29. The molecular weight excluding hydrogens is 462 g/mol. The number of allylic oxidation sites excluding steroid dienone is 6. The van der Waals surface area contributed by atoms with Gasteiger partial charge < -0.3 is 14.8 Å². The van der Waals surface area contributed by atoms with E-state index in [1.165, 1.54) is 11.1 Å². The molecule has 2 aliphatic heterocycles. The molecule has 186 valence electrons. The Labute approximate surface area is 216 Å². The zero-order chi connectivity index (χ0) is 25.4. The number of rotatable bonds is 6. The number of ketones is 1. The zero-order valence-electron chi connectivity index (χ0n) is 21.0. The fourth-order valence-electron chi connectivity index (χ4n) is 5.58. The Balaban J connectivity index is 1.30. The van der Waals surface area contributed by atoms with Gasteiger partial charge in [0.05, 0.1) is 25.6 Å². The van der Waals surface area contributed by atoms with Gasteiger partial charge >= 0.3 is 0 Å². The molecule has 0 amide bonds. The van der Waals surface area contributed by atoms with Gasteiger partial charge in [0.25, 0.3) is 0 Å². The average Bonchev–Trinajstić information content (AvgIpc) is 3.60. The second-order valence-corrected chi connectivity index (χ2v) is 9.62. The van der Waals surface area contributed by atoms with Crippen molar-refractivity contribution in [1.29, 1.82) is 0 Å². The lowest BCUT2D eigenvalue weighted by Gasteiger charge is -2.21. The number of Topliss-reactive ketones (excluding diaryl/α,β-unsaturated/α-hetero) is 1. The first kappa shape index (κ1) is 23.2. The summed E-state index contributed by atoms with van der Waals surface area (Å²) < 4.78 is 10.8. The van der Waals surface area contributed by atoms with Crippen molar-refractivity contribution in [3.05, 3.63) is 95.2 Å². The van der Waals surface area contributed by atoms with Gasteiger partial charge in [-0.05, 0) is 55.5 Å². The molecular formula is C31H29N3O3. The fourth-order valence-corrected chi connectivity index (χ4v) is 5.58. The van der Waals surface area contributed by atoms with Gasteiger partial charge in [-0.1, -0.05) is 42.0 Å². The van der Waals surface area contributed by atoms with Crippen LogP contribution in [-0.4, -0.2) is 31.6 Å². The summed E-state index contributed by atoms with van der Waals surface area (Å²) in [4.78, 5) is 23.0. The van der Waals surface area contributed by atoms with E-state index in [1.807, 2.05) is 48.7 Å². The van der Waals surface area contributed by atoms with Crippen LogP contribution in [0.2, 0.25) is 0 Å². The van der Waals surface area contributed by atoms with Crippen LogP contribution in [0.4, 0.5) is 5.69 Å². The Kier molecular flexibility index (Phi) is 6.08. The molecule has 6 heteroatoms. The first-order valence-corrected chi connectivity index (χ1v) is 12.7. The van der Waals surface area contributed by atoms with Crippen molar-refractivity contribution in [3.63, 3.8) is 0 Å². The van der Waals surface area contributed by atoms with Crippen LogP contribution < -0.4 is 14.8 Å². The molecule has 0 saturated heterocycles. The summed E-state index contributed by atoms with van der Waals surface area (Å²) in [5, 5.41) is 3.41. The molecule has 2 aromatic carbocycles. The van der Waals surface area contributed by atoms with Crippen molar-refractivity contribution in [2.24, 2.45) is 21.8 Å². The highest BCUT2D eigenvalue weighted by molar-refractivity contribution is 6.49. The number of aliphatic imine (C=N–C) groups is 2. The molecule has 0 bridgehead atoms. The van der Waals surface area contributed by atoms with E-state index in [9.17, 15) is 4.79 Å². The molecule has 0 fully saturated rings. The van der Waals surface area contributed by atoms with Gasteiger partial charge in [-0.3, -0.25) is 9.79 Å². The van der Waals surface area contributed by atoms with E-state index in [1.54, 1.807) is 14.2 Å². The summed E-state index contributed by atoms with van der Waals surface area (Å²) in [6.45, 7) is 0. The molecule has 0 aromatic heterocycles. The van der Waals surface area contributed by atoms with Crippen molar-refractivity contribution >= 4 is 28.7 Å². The van der Waals surface area contributed by atoms with Gasteiger partial charge in [0.15, 0.2) is 23.1 Å². The summed E-state index contributed by atoms with van der Waals surface area (Å²) in [5.41, 5.74) is 6.86. The van der Waals surface area contributed by atoms with Crippen LogP contribution in [0.25, 0.3) is 5.70 Å². The average molecular weight is 492 g/mol. The minimum atomic E-state index is -0.0376. The van der Waals surface area contributed by atoms with E-state index in [-0.39, 0.29) is 17.6 Å². The van der Waals surface area contributed by atoms with E-state index in [4.69, 9.17) is 14.5 Å². The second-order valence-electron chi connectivity index (χ2n) is 9.62. The number of nitrogens with one attached hydrogen (secondary N) is 1. The summed E-state index contributed by atoms with van der Waals surface area (Å²) in [6, 6.07) is 13.5. The van der Waals surface area contributed by atoms with Crippen LogP contribution in [0.3, 0.4) is 0 Å². The van der Waals surface area contributed by atoms with Crippen molar-refractivity contribution in [2.45, 2.75) is 25.7 Å². The first-order chi connectivity index (χ1) is 18.1. The normalized spacial score (nSPS) is 21.6. The molecule has 0 saturated carbocycles. The molecule has 1 N–H and O–H groups in total. The van der Waals surface area contributed by atoms with Crippen LogP contribution in [0.5, 0.6) is 11.5 Å². The Morgan fingerprint density at radius 2 is 1.95 bits per heavy atom. The number of benzene rings is 2. The van der Waals surface area contributed by atoms with Crippen molar-refractivity contribution in [3.8, 4) is 11.5 Å². The van der Waals surface area contributed by atoms with E-state index in [0.29, 0.717) is 17.3 Å². The number of anilines is 1. The largest absolute Gasteiger partial charge is 0.493 e. The molecule has 2 aromatic rings. The van der Waals surface area contributed by atoms with E-state index < -0.39 is 0 Å². The third kappa shape index (κ3) is 4.33. The monoisotopic (exact) mass is 491 g/mol. The smallest absolute Gasteiger partial charge is 0.170 e. The van der Waals surface area contributed by atoms with E-state index in [2.05, 4.69) is 34.6 Å². The molecule has 6 nitrogen and oxygen atoms in total. The number of carbonyl (C=O) groups is 1. The minimum Gasteiger partial charge on any atom is -0.493 e. The molecule has 37 heavy (non-hydrogen) atoms. The predicted molar refractivity (Wildman–Crippen MR) is 148 cm³/mol. The minimum absolute atomic E-state index is 0.0180. The number of hydrogen-bond acceptors (Lipinski definition) is 6. The lowest BCUT2D eigenvalue weighted by molar-refractivity contribution is 0.0941. The molecule has 2 heterocycles. The Hall–Kier alpha value is -4.19. The Bertz CT molecular complexity index is 1460. The number of methoxy groups -OCH3 is 2. The topological polar surface area (TPSA) is 72.3 Å². The summed E-state index contributed by atoms with van der Waals surface area (Å²) in [7, 11) is 3.23. The van der Waals surface area contributed by atoms with Gasteiger partial charge in [0, 0.05) is 40.9 Å². The van der Waals surface area contributed by atoms with Crippen LogP contribution in [0.15, 0.2) is 94.1 Å². The molecule has 4 aliphatic rings. The third-order valence-corrected chi connectivity index (χ3v) is 7.47. The number of nitrogens with zero attached hydrogens (tertiary/aromatic N) is 2. The Morgan fingerprint density at radius 1 is 1.05 bits per heavy atom. The van der Waals surface area contributed by atoms with E-state index in [0.717, 1.165) is 53.9 Å². The third-order valence-electron chi connectivity index (χ3n) is 7.47. The number of amidine groups is 1. The SMILES string of the molecule is COc1ccc(NC2=NC(c3cccc(C(=O)C4CCC5=C4C=CCC5)c3)=CC3C=CN=C23)cc1OC. The fraction of sp³-hybridized carbons (Fsp3) is 0.258. The highest BCUT2D eigenvalue weighted by Gasteiger charge is 2.31. The number of fused-ring (bicyclic) bond motifs is 1.